The Kier molecular flexibility index (Phi) is 6.10. The molecule has 0 unspecified atom stereocenters. The fourth-order valence-corrected chi connectivity index (χ4v) is 5.09. The van der Waals surface area contributed by atoms with Crippen molar-refractivity contribution in [2.75, 3.05) is 44.8 Å². The summed E-state index contributed by atoms with van der Waals surface area (Å²) < 4.78 is 47.6. The lowest BCUT2D eigenvalue weighted by atomic mass is 9.73. The first-order valence-electron chi connectivity index (χ1n) is 10.9. The summed E-state index contributed by atoms with van der Waals surface area (Å²) in [5.74, 6) is -0.0507. The van der Waals surface area contributed by atoms with Gasteiger partial charge in [0.05, 0.1) is 35.6 Å². The zero-order valence-electron chi connectivity index (χ0n) is 18.6. The van der Waals surface area contributed by atoms with Gasteiger partial charge < -0.3 is 14.5 Å². The molecule has 7 nitrogen and oxygen atoms in total. The van der Waals surface area contributed by atoms with Crippen LogP contribution in [-0.4, -0.2) is 60.5 Å². The molecule has 2 aliphatic heterocycles. The average molecular weight is 461 g/mol. The number of aromatic nitrogens is 2. The van der Waals surface area contributed by atoms with E-state index in [-0.39, 0.29) is 22.8 Å². The van der Waals surface area contributed by atoms with Crippen LogP contribution in [0.3, 0.4) is 0 Å². The van der Waals surface area contributed by atoms with Crippen LogP contribution in [0.2, 0.25) is 0 Å². The second-order valence-corrected chi connectivity index (χ2v) is 8.80. The van der Waals surface area contributed by atoms with Crippen molar-refractivity contribution in [3.05, 3.63) is 47.3 Å². The average Bonchev–Trinajstić information content (AvgIpc) is 3.42. The van der Waals surface area contributed by atoms with E-state index in [2.05, 4.69) is 5.10 Å². The molecule has 0 radical (unpaired) electrons. The number of halogens is 3. The summed E-state index contributed by atoms with van der Waals surface area (Å²) in [4.78, 5) is 16.8. The molecule has 176 valence electrons. The third-order valence-electron chi connectivity index (χ3n) is 6.85. The van der Waals surface area contributed by atoms with Crippen molar-refractivity contribution in [1.29, 1.82) is 5.26 Å². The zero-order valence-corrected chi connectivity index (χ0v) is 18.6. The minimum atomic E-state index is -4.60. The molecule has 0 spiro atoms. The lowest BCUT2D eigenvalue weighted by molar-refractivity contribution is -0.137. The lowest BCUT2D eigenvalue weighted by Crippen LogP contribution is -2.49. The number of anilines is 1. The van der Waals surface area contributed by atoms with Crippen LogP contribution < -0.4 is 4.90 Å². The Hall–Kier alpha value is -3.06. The molecule has 1 aromatic heterocycles. The molecule has 2 aliphatic rings. The highest BCUT2D eigenvalue weighted by molar-refractivity contribution is 5.94. The molecule has 4 rings (SSSR count). The van der Waals surface area contributed by atoms with Gasteiger partial charge in [0.25, 0.3) is 5.91 Å². The molecule has 2 atom stereocenters. The number of fused-ring (bicyclic) bond motifs is 1. The Morgan fingerprint density at radius 1 is 1.36 bits per heavy atom. The van der Waals surface area contributed by atoms with Crippen molar-refractivity contribution in [2.24, 2.45) is 11.3 Å². The van der Waals surface area contributed by atoms with Gasteiger partial charge in [-0.25, -0.2) is 0 Å². The van der Waals surface area contributed by atoms with Crippen LogP contribution in [0, 0.1) is 22.7 Å². The van der Waals surface area contributed by atoms with Gasteiger partial charge in [-0.1, -0.05) is 0 Å². The van der Waals surface area contributed by atoms with E-state index in [1.54, 1.807) is 36.3 Å². The number of amides is 1. The van der Waals surface area contributed by atoms with Gasteiger partial charge in [0.15, 0.2) is 0 Å². The number of hydrogen-bond donors (Lipinski definition) is 0. The quantitative estimate of drug-likeness (QED) is 0.682. The highest BCUT2D eigenvalue weighted by Crippen LogP contribution is 2.45. The maximum absolute atomic E-state index is 13.5. The molecular weight excluding hydrogens is 435 g/mol. The van der Waals surface area contributed by atoms with E-state index < -0.39 is 11.7 Å². The predicted octanol–water partition coefficient (Wildman–Crippen LogP) is 3.41. The van der Waals surface area contributed by atoms with Crippen molar-refractivity contribution in [1.82, 2.24) is 14.7 Å². The fraction of sp³-hybridized carbons (Fsp3) is 0.522. The van der Waals surface area contributed by atoms with Gasteiger partial charge in [-0.05, 0) is 31.5 Å². The number of methoxy groups -OCH3 is 1. The number of carbonyl (C=O) groups excluding carboxylic acids is 1. The maximum atomic E-state index is 13.5. The van der Waals surface area contributed by atoms with E-state index in [0.717, 1.165) is 6.07 Å². The number of nitrogens with zero attached hydrogens (tertiary/aromatic N) is 5. The number of benzene rings is 1. The molecule has 3 heterocycles. The van der Waals surface area contributed by atoms with Gasteiger partial charge in [-0.3, -0.25) is 9.48 Å². The van der Waals surface area contributed by atoms with E-state index >= 15 is 0 Å². The van der Waals surface area contributed by atoms with Gasteiger partial charge in [-0.15, -0.1) is 0 Å². The number of piperidine rings is 1. The number of aryl methyl sites for hydroxylation is 1. The van der Waals surface area contributed by atoms with Crippen molar-refractivity contribution < 1.29 is 22.7 Å². The van der Waals surface area contributed by atoms with Crippen molar-refractivity contribution in [3.8, 4) is 6.07 Å². The summed E-state index contributed by atoms with van der Waals surface area (Å²) in [5, 5.41) is 13.3. The van der Waals surface area contributed by atoms with Crippen molar-refractivity contribution in [3.63, 3.8) is 0 Å². The molecule has 10 heteroatoms. The lowest BCUT2D eigenvalue weighted by Gasteiger charge is -2.44. The van der Waals surface area contributed by atoms with Gasteiger partial charge in [-0.2, -0.15) is 23.5 Å². The number of nitriles is 1. The van der Waals surface area contributed by atoms with Crippen molar-refractivity contribution in [2.45, 2.75) is 26.1 Å². The van der Waals surface area contributed by atoms with Gasteiger partial charge in [0.2, 0.25) is 0 Å². The Morgan fingerprint density at radius 3 is 2.79 bits per heavy atom. The fourth-order valence-electron chi connectivity index (χ4n) is 5.09. The number of alkyl halides is 3. The highest BCUT2D eigenvalue weighted by Gasteiger charge is 2.51. The van der Waals surface area contributed by atoms with Crippen LogP contribution in [0.5, 0.6) is 0 Å². The third kappa shape index (κ3) is 4.29. The smallest absolute Gasteiger partial charge is 0.384 e. The van der Waals surface area contributed by atoms with Crippen LogP contribution in [0.1, 0.15) is 34.8 Å². The summed E-state index contributed by atoms with van der Waals surface area (Å²) in [6.07, 6.45) is -0.616. The SMILES string of the molecule is CCn1cc(C(=O)N2C[C@H]3CN(c4ccc(C#N)c(C(F)(F)F)c4)CC[C@@]3(COC)C2)cn1. The Balaban J connectivity index is 1.57. The highest BCUT2D eigenvalue weighted by atomic mass is 19.4. The zero-order chi connectivity index (χ0) is 23.8. The summed E-state index contributed by atoms with van der Waals surface area (Å²) in [6, 6.07) is 5.47. The second kappa shape index (κ2) is 8.71. The van der Waals surface area contributed by atoms with E-state index in [9.17, 15) is 18.0 Å². The third-order valence-corrected chi connectivity index (χ3v) is 6.85. The van der Waals surface area contributed by atoms with Crippen molar-refractivity contribution >= 4 is 11.6 Å². The normalized spacial score (nSPS) is 22.8. The first-order valence-corrected chi connectivity index (χ1v) is 10.9. The van der Waals surface area contributed by atoms with Crippen LogP contribution >= 0.6 is 0 Å². The first kappa shape index (κ1) is 23.1. The number of rotatable bonds is 5. The summed E-state index contributed by atoms with van der Waals surface area (Å²) >= 11 is 0. The van der Waals surface area contributed by atoms with Crippen LogP contribution in [-0.2, 0) is 17.5 Å². The Morgan fingerprint density at radius 2 is 2.15 bits per heavy atom. The van der Waals surface area contributed by atoms with E-state index in [1.807, 2.05) is 16.7 Å². The molecule has 0 saturated carbocycles. The predicted molar refractivity (Wildman–Crippen MR) is 115 cm³/mol. The second-order valence-electron chi connectivity index (χ2n) is 8.80. The van der Waals surface area contributed by atoms with Crippen LogP contribution in [0.4, 0.5) is 18.9 Å². The molecule has 2 fully saturated rings. The number of carbonyl (C=O) groups is 1. The van der Waals surface area contributed by atoms with E-state index in [4.69, 9.17) is 10.00 Å². The molecule has 2 aromatic rings. The Bertz CT molecular complexity index is 1080. The molecule has 2 saturated heterocycles. The van der Waals surface area contributed by atoms with E-state index in [1.165, 1.54) is 6.07 Å². The molecular formula is C23H26F3N5O2. The molecule has 0 bridgehead atoms. The van der Waals surface area contributed by atoms with Gasteiger partial charge in [0, 0.05) is 63.1 Å². The molecule has 1 amide bonds. The van der Waals surface area contributed by atoms with Crippen LogP contribution in [0.25, 0.3) is 0 Å². The number of likely N-dealkylation sites (tertiary alicyclic amines) is 1. The molecule has 0 N–H and O–H groups in total. The van der Waals surface area contributed by atoms with Crippen LogP contribution in [0.15, 0.2) is 30.6 Å². The first-order chi connectivity index (χ1) is 15.7. The standard InChI is InChI=1S/C23H26F3N5O2/c1-3-31-11-17(10-28-31)21(32)30-13-18-12-29(7-6-22(18,14-30)15-33-2)19-5-4-16(9-27)20(8-19)23(24,25)26/h4-5,8,10-11,18H,3,6-7,12-15H2,1-2H3/t18-,22+/m1/s1. The molecule has 0 aliphatic carbocycles. The number of hydrogen-bond acceptors (Lipinski definition) is 5. The Labute approximate surface area is 190 Å². The topological polar surface area (TPSA) is 74.4 Å². The van der Waals surface area contributed by atoms with Gasteiger partial charge in [0.1, 0.15) is 0 Å². The summed E-state index contributed by atoms with van der Waals surface area (Å²) in [5.41, 5.74) is -0.598. The molecule has 1 aromatic carbocycles. The van der Waals surface area contributed by atoms with Gasteiger partial charge >= 0.3 is 6.18 Å². The summed E-state index contributed by atoms with van der Waals surface area (Å²) in [7, 11) is 1.63. The maximum Gasteiger partial charge on any atom is 0.417 e. The largest absolute Gasteiger partial charge is 0.417 e. The molecule has 33 heavy (non-hydrogen) atoms. The summed E-state index contributed by atoms with van der Waals surface area (Å²) in [6.45, 7) is 5.17. The van der Waals surface area contributed by atoms with E-state index in [0.29, 0.717) is 57.0 Å². The monoisotopic (exact) mass is 461 g/mol. The number of ether oxygens (including phenoxy) is 1. The minimum absolute atomic E-state index is 0.0429. The minimum Gasteiger partial charge on any atom is -0.384 e.